The van der Waals surface area contributed by atoms with E-state index in [1.807, 2.05) is 24.3 Å². The molecule has 120 valence electrons. The minimum atomic E-state index is -0.908. The molecular weight excluding hydrogens is 299 g/mol. The highest BCUT2D eigenvalue weighted by molar-refractivity contribution is 5.62. The fraction of sp³-hybridized carbons (Fsp3) is 0.312. The third kappa shape index (κ3) is 3.77. The average Bonchev–Trinajstić information content (AvgIpc) is 2.58. The molecule has 0 fully saturated rings. The lowest BCUT2D eigenvalue weighted by molar-refractivity contribution is -0.908. The number of methoxy groups -OCH3 is 1. The van der Waals surface area contributed by atoms with E-state index in [0.29, 0.717) is 0 Å². The molecule has 1 aromatic heterocycles. The van der Waals surface area contributed by atoms with Crippen molar-refractivity contribution in [3.63, 3.8) is 0 Å². The largest absolute Gasteiger partial charge is 0.376 e. The molecule has 1 N–H and O–H groups in total. The van der Waals surface area contributed by atoms with E-state index in [2.05, 4.69) is 10.0 Å². The van der Waals surface area contributed by atoms with Crippen LogP contribution in [0.2, 0.25) is 0 Å². The molecule has 2 rings (SSSR count). The van der Waals surface area contributed by atoms with Gasteiger partial charge in [-0.05, 0) is 22.7 Å². The van der Waals surface area contributed by atoms with Gasteiger partial charge >= 0.3 is 0 Å². The summed E-state index contributed by atoms with van der Waals surface area (Å²) in [5.74, 6) is 0. The summed E-state index contributed by atoms with van der Waals surface area (Å²) in [6.07, 6.45) is 0.966. The van der Waals surface area contributed by atoms with Crippen LogP contribution in [0.15, 0.2) is 47.7 Å². The number of azide groups is 1. The van der Waals surface area contributed by atoms with Gasteiger partial charge < -0.3 is 4.74 Å². The Morgan fingerprint density at radius 1 is 1.26 bits per heavy atom. The van der Waals surface area contributed by atoms with Crippen LogP contribution in [-0.4, -0.2) is 25.0 Å². The van der Waals surface area contributed by atoms with Gasteiger partial charge in [-0.15, -0.1) is 0 Å². The number of rotatable bonds is 6. The van der Waals surface area contributed by atoms with Gasteiger partial charge in [-0.25, -0.2) is 0 Å². The molecule has 0 spiro atoms. The van der Waals surface area contributed by atoms with Gasteiger partial charge in [0.15, 0.2) is 0 Å². The van der Waals surface area contributed by atoms with E-state index in [0.717, 1.165) is 27.1 Å². The predicted octanol–water partition coefficient (Wildman–Crippen LogP) is 3.52. The van der Waals surface area contributed by atoms with E-state index >= 15 is 0 Å². The predicted molar refractivity (Wildman–Crippen MR) is 82.7 cm³/mol. The van der Waals surface area contributed by atoms with Crippen LogP contribution in [-0.2, 0) is 4.74 Å². The molecule has 0 saturated heterocycles. The van der Waals surface area contributed by atoms with E-state index in [1.54, 1.807) is 25.3 Å². The fourth-order valence-corrected chi connectivity index (χ4v) is 2.35. The number of aryl methyl sites for hydroxylation is 1. The first-order valence-electron chi connectivity index (χ1n) is 7.05. The zero-order chi connectivity index (χ0) is 16.8. The van der Waals surface area contributed by atoms with Gasteiger partial charge in [-0.3, -0.25) is 9.60 Å². The number of ether oxygens (including phenoxy) is 1. The molecule has 0 bridgehead atoms. The molecule has 1 aromatic carbocycles. The Balaban J connectivity index is 2.30. The third-order valence-electron chi connectivity index (χ3n) is 3.66. The maximum atomic E-state index is 13.0. The molecule has 0 amide bonds. The topological polar surface area (TPSA) is 82.1 Å². The van der Waals surface area contributed by atoms with Crippen LogP contribution in [0.1, 0.15) is 17.4 Å². The van der Waals surface area contributed by atoms with Crippen molar-refractivity contribution >= 4 is 0 Å². The maximum absolute atomic E-state index is 13.0. The van der Waals surface area contributed by atoms with Crippen LogP contribution < -0.4 is 4.73 Å². The van der Waals surface area contributed by atoms with Gasteiger partial charge in [-0.2, -0.15) is 0 Å². The molecule has 0 saturated carbocycles. The Bertz CT molecular complexity index is 715. The third-order valence-corrected chi connectivity index (χ3v) is 3.66. The molecule has 2 atom stereocenters. The van der Waals surface area contributed by atoms with E-state index in [1.165, 1.54) is 7.11 Å². The van der Waals surface area contributed by atoms with E-state index in [9.17, 15) is 9.60 Å². The smallest absolute Gasteiger partial charge is 0.231 e. The lowest BCUT2D eigenvalue weighted by atomic mass is 9.99. The molecule has 0 unspecified atom stereocenters. The van der Waals surface area contributed by atoms with Crippen molar-refractivity contribution in [3.05, 3.63) is 64.3 Å². The second kappa shape index (κ2) is 7.58. The van der Waals surface area contributed by atoms with Crippen LogP contribution in [0, 0.1) is 6.92 Å². The fourth-order valence-electron chi connectivity index (χ4n) is 2.35. The Morgan fingerprint density at radius 3 is 2.43 bits per heavy atom. The van der Waals surface area contributed by atoms with Crippen LogP contribution in [0.25, 0.3) is 21.6 Å². The molecule has 23 heavy (non-hydrogen) atoms. The Hall–Kier alpha value is -2.63. The van der Waals surface area contributed by atoms with Crippen molar-refractivity contribution in [2.24, 2.45) is 5.11 Å². The van der Waals surface area contributed by atoms with E-state index in [4.69, 9.17) is 10.3 Å². The van der Waals surface area contributed by atoms with Crippen molar-refractivity contribution in [2.75, 3.05) is 13.8 Å². The molecule has 0 aliphatic rings. The number of alkyl halides is 1. The Labute approximate surface area is 133 Å². The second-order valence-corrected chi connectivity index (χ2v) is 5.11. The molecule has 0 radical (unpaired) electrons. The molecule has 7 heteroatoms. The number of aromatic nitrogens is 1. The summed E-state index contributed by atoms with van der Waals surface area (Å²) in [7, 11) is 1.45. The monoisotopic (exact) mass is 317 g/mol. The van der Waals surface area contributed by atoms with Crippen LogP contribution in [0.4, 0.5) is 4.39 Å². The summed E-state index contributed by atoms with van der Waals surface area (Å²) in [5.41, 5.74) is 11.7. The van der Waals surface area contributed by atoms with Crippen molar-refractivity contribution < 1.29 is 19.1 Å². The summed E-state index contributed by atoms with van der Waals surface area (Å²) in [4.78, 5) is 2.66. The standard InChI is InChI=1S/C16H18FN4O2/c1-11-3-4-14(10-21(11)22)12-5-7-13(8-6-12)16(23-2)15(9-17)19-20-18/h3-8,10,15-16,22H,9H2,1-2H3/q+1/t15-,16-/m1/s1. The summed E-state index contributed by atoms with van der Waals surface area (Å²) < 4.78 is 19.3. The first-order valence-corrected chi connectivity index (χ1v) is 7.05. The van der Waals surface area contributed by atoms with Gasteiger partial charge in [0.1, 0.15) is 6.67 Å². The SMILES string of the molecule is CO[C@H](c1ccc(-c2ccc(C)[n+](O)c2)cc1)[C@@H](CF)N=[N+]=[N-]. The van der Waals surface area contributed by atoms with Gasteiger partial charge in [0, 0.05) is 29.7 Å². The van der Waals surface area contributed by atoms with Crippen molar-refractivity contribution in [1.29, 1.82) is 0 Å². The number of pyridine rings is 1. The normalized spacial score (nSPS) is 13.2. The first-order chi connectivity index (χ1) is 11.1. The second-order valence-electron chi connectivity index (χ2n) is 5.11. The van der Waals surface area contributed by atoms with E-state index < -0.39 is 18.8 Å². The Kier molecular flexibility index (Phi) is 5.51. The molecule has 0 aliphatic carbocycles. The number of hydrogen-bond donors (Lipinski definition) is 1. The van der Waals surface area contributed by atoms with Gasteiger partial charge in [0.25, 0.3) is 0 Å². The molecular formula is C16H18FN4O2+. The van der Waals surface area contributed by atoms with Crippen molar-refractivity contribution in [3.8, 4) is 11.1 Å². The Morgan fingerprint density at radius 2 is 1.91 bits per heavy atom. The molecule has 1 heterocycles. The van der Waals surface area contributed by atoms with Gasteiger partial charge in [0.05, 0.1) is 17.7 Å². The summed E-state index contributed by atoms with van der Waals surface area (Å²) in [6, 6.07) is 10.1. The highest BCUT2D eigenvalue weighted by atomic mass is 19.1. The quantitative estimate of drug-likeness (QED) is 0.291. The van der Waals surface area contributed by atoms with Crippen LogP contribution in [0.3, 0.4) is 0 Å². The molecule has 6 nitrogen and oxygen atoms in total. The van der Waals surface area contributed by atoms with Crippen LogP contribution >= 0.6 is 0 Å². The number of benzene rings is 1. The highest BCUT2D eigenvalue weighted by Crippen LogP contribution is 2.26. The molecule has 0 aliphatic heterocycles. The van der Waals surface area contributed by atoms with Crippen LogP contribution in [0.5, 0.6) is 0 Å². The number of halogens is 1. The van der Waals surface area contributed by atoms with Crippen molar-refractivity contribution in [1.82, 2.24) is 0 Å². The van der Waals surface area contributed by atoms with Gasteiger partial charge in [-0.1, -0.05) is 29.4 Å². The first kappa shape index (κ1) is 16.7. The lowest BCUT2D eigenvalue weighted by Crippen LogP contribution is -2.32. The number of nitrogens with zero attached hydrogens (tertiary/aromatic N) is 4. The zero-order valence-electron chi connectivity index (χ0n) is 12.9. The maximum Gasteiger partial charge on any atom is 0.231 e. The van der Waals surface area contributed by atoms with E-state index in [-0.39, 0.29) is 0 Å². The van der Waals surface area contributed by atoms with Gasteiger partial charge in [0.2, 0.25) is 11.9 Å². The minimum Gasteiger partial charge on any atom is -0.376 e. The number of hydrogen-bond acceptors (Lipinski definition) is 3. The van der Waals surface area contributed by atoms with Crippen molar-refractivity contribution in [2.45, 2.75) is 19.1 Å². The minimum absolute atomic E-state index is 0.647. The zero-order valence-corrected chi connectivity index (χ0v) is 12.9. The summed E-state index contributed by atoms with van der Waals surface area (Å²) in [5, 5.41) is 13.2. The summed E-state index contributed by atoms with van der Waals surface area (Å²) >= 11 is 0. The average molecular weight is 317 g/mol. The summed E-state index contributed by atoms with van der Waals surface area (Å²) in [6.45, 7) is 0.996. The highest BCUT2D eigenvalue weighted by Gasteiger charge is 2.22. The molecule has 2 aromatic rings. The lowest BCUT2D eigenvalue weighted by Gasteiger charge is -2.20.